The first-order chi connectivity index (χ1) is 16.8. The third kappa shape index (κ3) is 5.17. The summed E-state index contributed by atoms with van der Waals surface area (Å²) in [6.45, 7) is 2.52. The summed E-state index contributed by atoms with van der Waals surface area (Å²) in [6, 6.07) is 22.1. The van der Waals surface area contributed by atoms with Gasteiger partial charge in [0, 0.05) is 23.1 Å². The van der Waals surface area contributed by atoms with Crippen molar-refractivity contribution in [2.75, 3.05) is 6.61 Å². The van der Waals surface area contributed by atoms with Crippen LogP contribution in [0.4, 0.5) is 0 Å². The van der Waals surface area contributed by atoms with Crippen LogP contribution in [0.25, 0.3) is 22.8 Å². The van der Waals surface area contributed by atoms with Crippen LogP contribution in [-0.4, -0.2) is 32.3 Å². The first-order valence-corrected chi connectivity index (χ1v) is 11.8. The van der Waals surface area contributed by atoms with Gasteiger partial charge in [0.1, 0.15) is 12.3 Å². The summed E-state index contributed by atoms with van der Waals surface area (Å²) >= 11 is 0. The molecule has 0 saturated heterocycles. The number of aryl methyl sites for hydroxylation is 3. The second-order valence-corrected chi connectivity index (χ2v) is 8.44. The zero-order valence-corrected chi connectivity index (χ0v) is 19.3. The maximum Gasteiger partial charge on any atom is 0.159 e. The van der Waals surface area contributed by atoms with Crippen LogP contribution < -0.4 is 0 Å². The molecule has 3 heterocycles. The van der Waals surface area contributed by atoms with Crippen LogP contribution in [0.3, 0.4) is 0 Å². The standard InChI is InChI=1S/C28H27N5O/c1-20-9-5-15-24(30-20)25-16-7-13-23(31-25)14-8-18-34-33-26-17-6-12-22-19-29-28(32-27(22)26)21-10-3-2-4-11-21/h2-5,7,9-11,13,15-16,19H,6,8,12,14,17-18H2,1H3. The molecule has 3 aromatic heterocycles. The molecular formula is C28H27N5O. The summed E-state index contributed by atoms with van der Waals surface area (Å²) in [5, 5.41) is 4.46. The Hall–Kier alpha value is -3.93. The Labute approximate surface area is 199 Å². The largest absolute Gasteiger partial charge is 0.396 e. The monoisotopic (exact) mass is 449 g/mol. The van der Waals surface area contributed by atoms with Crippen molar-refractivity contribution in [3.63, 3.8) is 0 Å². The van der Waals surface area contributed by atoms with E-state index in [4.69, 9.17) is 14.8 Å². The molecule has 6 nitrogen and oxygen atoms in total. The maximum atomic E-state index is 5.72. The van der Waals surface area contributed by atoms with Crippen molar-refractivity contribution in [3.05, 3.63) is 95.6 Å². The van der Waals surface area contributed by atoms with E-state index < -0.39 is 0 Å². The normalized spacial score (nSPS) is 14.1. The molecule has 0 saturated carbocycles. The van der Waals surface area contributed by atoms with E-state index in [1.165, 1.54) is 0 Å². The Morgan fingerprint density at radius 3 is 2.53 bits per heavy atom. The van der Waals surface area contributed by atoms with E-state index in [0.717, 1.165) is 83.2 Å². The third-order valence-corrected chi connectivity index (χ3v) is 5.83. The van der Waals surface area contributed by atoms with E-state index in [1.807, 2.05) is 79.9 Å². The third-order valence-electron chi connectivity index (χ3n) is 5.83. The maximum absolute atomic E-state index is 5.72. The van der Waals surface area contributed by atoms with Crippen LogP contribution in [0.15, 0.2) is 78.1 Å². The van der Waals surface area contributed by atoms with Gasteiger partial charge in [0.2, 0.25) is 0 Å². The van der Waals surface area contributed by atoms with Gasteiger partial charge in [-0.3, -0.25) is 9.97 Å². The molecule has 0 N–H and O–H groups in total. The number of pyridine rings is 2. The minimum absolute atomic E-state index is 0.532. The molecule has 4 aromatic rings. The number of aromatic nitrogens is 4. The Balaban J connectivity index is 1.21. The van der Waals surface area contributed by atoms with Gasteiger partial charge in [-0.1, -0.05) is 47.6 Å². The van der Waals surface area contributed by atoms with Crippen LogP contribution in [0, 0.1) is 6.92 Å². The molecule has 0 atom stereocenters. The van der Waals surface area contributed by atoms with Gasteiger partial charge >= 0.3 is 0 Å². The Morgan fingerprint density at radius 2 is 1.68 bits per heavy atom. The molecule has 0 bridgehead atoms. The summed E-state index contributed by atoms with van der Waals surface area (Å²) in [6.07, 6.45) is 6.46. The van der Waals surface area contributed by atoms with Gasteiger partial charge in [0.05, 0.1) is 17.1 Å². The predicted octanol–water partition coefficient (Wildman–Crippen LogP) is 5.60. The predicted molar refractivity (Wildman–Crippen MR) is 133 cm³/mol. The van der Waals surface area contributed by atoms with Gasteiger partial charge in [-0.05, 0) is 68.9 Å². The fraction of sp³-hybridized carbons (Fsp3) is 0.250. The molecule has 1 aromatic carbocycles. The van der Waals surface area contributed by atoms with Gasteiger partial charge < -0.3 is 4.84 Å². The average molecular weight is 450 g/mol. The SMILES string of the molecule is Cc1cccc(-c2cccc(CCCON=C3CCCc4cnc(-c5ccccc5)nc43)n2)n1. The van der Waals surface area contributed by atoms with Gasteiger partial charge in [0.15, 0.2) is 5.82 Å². The smallest absolute Gasteiger partial charge is 0.159 e. The van der Waals surface area contributed by atoms with Crippen molar-refractivity contribution in [3.8, 4) is 22.8 Å². The first kappa shape index (κ1) is 21.9. The van der Waals surface area contributed by atoms with Gasteiger partial charge in [-0.15, -0.1) is 0 Å². The average Bonchev–Trinajstić information content (AvgIpc) is 2.89. The van der Waals surface area contributed by atoms with E-state index in [2.05, 4.69) is 15.1 Å². The lowest BCUT2D eigenvalue weighted by atomic mass is 9.95. The van der Waals surface area contributed by atoms with E-state index in [9.17, 15) is 0 Å². The first-order valence-electron chi connectivity index (χ1n) is 11.8. The van der Waals surface area contributed by atoms with Crippen molar-refractivity contribution in [1.82, 2.24) is 19.9 Å². The van der Waals surface area contributed by atoms with Crippen LogP contribution in [0.1, 0.15) is 41.9 Å². The van der Waals surface area contributed by atoms with Gasteiger partial charge in [-0.2, -0.15) is 0 Å². The molecule has 0 spiro atoms. The highest BCUT2D eigenvalue weighted by molar-refractivity contribution is 6.00. The van der Waals surface area contributed by atoms with Gasteiger partial charge in [-0.25, -0.2) is 9.97 Å². The fourth-order valence-electron chi connectivity index (χ4n) is 4.11. The number of nitrogens with zero attached hydrogens (tertiary/aromatic N) is 5. The van der Waals surface area contributed by atoms with Crippen molar-refractivity contribution in [2.24, 2.45) is 5.16 Å². The number of rotatable bonds is 7. The minimum atomic E-state index is 0.532. The highest BCUT2D eigenvalue weighted by Crippen LogP contribution is 2.23. The molecule has 5 rings (SSSR count). The lowest BCUT2D eigenvalue weighted by Gasteiger charge is -2.17. The number of oxime groups is 1. The van der Waals surface area contributed by atoms with Gasteiger partial charge in [0.25, 0.3) is 0 Å². The number of fused-ring (bicyclic) bond motifs is 1. The van der Waals surface area contributed by atoms with Crippen LogP contribution in [-0.2, 0) is 17.7 Å². The minimum Gasteiger partial charge on any atom is -0.396 e. The zero-order chi connectivity index (χ0) is 23.2. The van der Waals surface area contributed by atoms with E-state index in [-0.39, 0.29) is 0 Å². The second kappa shape index (κ2) is 10.3. The Morgan fingerprint density at radius 1 is 0.853 bits per heavy atom. The molecule has 170 valence electrons. The highest BCUT2D eigenvalue weighted by Gasteiger charge is 2.19. The Kier molecular flexibility index (Phi) is 6.66. The van der Waals surface area contributed by atoms with E-state index in [0.29, 0.717) is 6.61 Å². The highest BCUT2D eigenvalue weighted by atomic mass is 16.6. The van der Waals surface area contributed by atoms with E-state index >= 15 is 0 Å². The molecule has 0 aliphatic heterocycles. The summed E-state index contributed by atoms with van der Waals surface area (Å²) in [5.74, 6) is 0.725. The summed E-state index contributed by atoms with van der Waals surface area (Å²) < 4.78 is 0. The molecule has 34 heavy (non-hydrogen) atoms. The summed E-state index contributed by atoms with van der Waals surface area (Å²) in [4.78, 5) is 24.4. The van der Waals surface area contributed by atoms with Crippen LogP contribution >= 0.6 is 0 Å². The number of hydrogen-bond acceptors (Lipinski definition) is 6. The fourth-order valence-corrected chi connectivity index (χ4v) is 4.11. The molecule has 0 fully saturated rings. The molecule has 1 aliphatic rings. The number of benzene rings is 1. The molecule has 6 heteroatoms. The topological polar surface area (TPSA) is 73.2 Å². The van der Waals surface area contributed by atoms with Crippen LogP contribution in [0.5, 0.6) is 0 Å². The van der Waals surface area contributed by atoms with E-state index in [1.54, 1.807) is 0 Å². The van der Waals surface area contributed by atoms with Crippen molar-refractivity contribution in [2.45, 2.75) is 39.0 Å². The summed E-state index contributed by atoms with van der Waals surface area (Å²) in [5.41, 5.74) is 7.78. The van der Waals surface area contributed by atoms with Crippen molar-refractivity contribution < 1.29 is 4.84 Å². The molecule has 0 radical (unpaired) electrons. The van der Waals surface area contributed by atoms with Crippen LogP contribution in [0.2, 0.25) is 0 Å². The quantitative estimate of drug-likeness (QED) is 0.271. The second-order valence-electron chi connectivity index (χ2n) is 8.44. The molecular weight excluding hydrogens is 422 g/mol. The zero-order valence-electron chi connectivity index (χ0n) is 19.3. The Bertz CT molecular complexity index is 1300. The number of hydrogen-bond donors (Lipinski definition) is 0. The lowest BCUT2D eigenvalue weighted by Crippen LogP contribution is -2.16. The molecule has 0 unspecified atom stereocenters. The molecule has 1 aliphatic carbocycles. The van der Waals surface area contributed by atoms with Crippen molar-refractivity contribution in [1.29, 1.82) is 0 Å². The summed E-state index contributed by atoms with van der Waals surface area (Å²) in [7, 11) is 0. The molecule has 0 amide bonds. The van der Waals surface area contributed by atoms with Crippen molar-refractivity contribution >= 4 is 5.71 Å². The lowest BCUT2D eigenvalue weighted by molar-refractivity contribution is 0.141.